The second-order valence-electron chi connectivity index (χ2n) is 7.22. The van der Waals surface area contributed by atoms with Gasteiger partial charge in [0.25, 0.3) is 0 Å². The summed E-state index contributed by atoms with van der Waals surface area (Å²) in [6, 6.07) is 1.51. The van der Waals surface area contributed by atoms with Gasteiger partial charge >= 0.3 is 6.09 Å². The Balaban J connectivity index is 1.78. The van der Waals surface area contributed by atoms with Crippen molar-refractivity contribution in [2.24, 2.45) is 0 Å². The van der Waals surface area contributed by atoms with Crippen LogP contribution in [0.15, 0.2) is 6.07 Å². The summed E-state index contributed by atoms with van der Waals surface area (Å²) in [7, 11) is 0. The van der Waals surface area contributed by atoms with Crippen molar-refractivity contribution < 1.29 is 19.4 Å². The number of amides is 1. The molecule has 0 radical (unpaired) electrons. The number of carbonyl (C=O) groups excluding carboxylic acids is 1. The van der Waals surface area contributed by atoms with E-state index in [1.165, 1.54) is 6.07 Å². The topological polar surface area (TPSA) is 96.8 Å². The van der Waals surface area contributed by atoms with Crippen molar-refractivity contribution in [2.75, 3.05) is 31.2 Å². The fourth-order valence-electron chi connectivity index (χ4n) is 2.64. The van der Waals surface area contributed by atoms with Gasteiger partial charge in [0.2, 0.25) is 11.8 Å². The third-order valence-electron chi connectivity index (χ3n) is 3.98. The number of alkyl carbamates (subject to hydrolysis) is 1. The van der Waals surface area contributed by atoms with Crippen molar-refractivity contribution in [3.8, 4) is 5.88 Å². The van der Waals surface area contributed by atoms with Crippen molar-refractivity contribution in [3.63, 3.8) is 0 Å². The van der Waals surface area contributed by atoms with Crippen LogP contribution in [0, 0.1) is 0 Å². The fraction of sp³-hybridized carbons (Fsp3) is 0.688. The number of aromatic hydroxyl groups is 1. The van der Waals surface area contributed by atoms with Crippen LogP contribution in [0.25, 0.3) is 0 Å². The van der Waals surface area contributed by atoms with Crippen molar-refractivity contribution in [1.29, 1.82) is 0 Å². The first-order chi connectivity index (χ1) is 11.3. The van der Waals surface area contributed by atoms with Crippen LogP contribution in [0.4, 0.5) is 10.7 Å². The van der Waals surface area contributed by atoms with E-state index in [2.05, 4.69) is 15.3 Å². The van der Waals surface area contributed by atoms with E-state index in [1.54, 1.807) is 0 Å². The zero-order valence-corrected chi connectivity index (χ0v) is 14.3. The number of rotatable bonds is 3. The lowest BCUT2D eigenvalue weighted by molar-refractivity contribution is 0.0493. The van der Waals surface area contributed by atoms with Gasteiger partial charge in [-0.15, -0.1) is 0 Å². The number of anilines is 1. The molecule has 1 saturated carbocycles. The Morgan fingerprint density at radius 3 is 2.58 bits per heavy atom. The van der Waals surface area contributed by atoms with Crippen molar-refractivity contribution in [2.45, 2.75) is 44.8 Å². The predicted octanol–water partition coefficient (Wildman–Crippen LogP) is 1.53. The van der Waals surface area contributed by atoms with Crippen LogP contribution in [-0.2, 0) is 15.0 Å². The van der Waals surface area contributed by atoms with Crippen LogP contribution in [0.1, 0.15) is 39.3 Å². The maximum Gasteiger partial charge on any atom is 0.408 e. The molecule has 1 aromatic heterocycles. The number of ether oxygens (including phenoxy) is 2. The summed E-state index contributed by atoms with van der Waals surface area (Å²) in [5.74, 6) is 0.365. The van der Waals surface area contributed by atoms with E-state index in [0.29, 0.717) is 37.9 Å². The minimum Gasteiger partial charge on any atom is -0.493 e. The van der Waals surface area contributed by atoms with E-state index in [-0.39, 0.29) is 5.88 Å². The van der Waals surface area contributed by atoms with E-state index < -0.39 is 17.2 Å². The molecule has 3 rings (SSSR count). The average Bonchev–Trinajstić information content (AvgIpc) is 3.26. The number of hydrogen-bond donors (Lipinski definition) is 2. The molecule has 0 aromatic carbocycles. The molecule has 132 valence electrons. The fourth-order valence-corrected chi connectivity index (χ4v) is 2.64. The highest BCUT2D eigenvalue weighted by molar-refractivity contribution is 5.70. The van der Waals surface area contributed by atoms with Gasteiger partial charge in [-0.1, -0.05) is 0 Å². The van der Waals surface area contributed by atoms with Crippen LogP contribution >= 0.6 is 0 Å². The molecule has 0 atom stereocenters. The van der Waals surface area contributed by atoms with Gasteiger partial charge in [-0.25, -0.2) is 9.78 Å². The van der Waals surface area contributed by atoms with Gasteiger partial charge in [0.05, 0.1) is 24.4 Å². The first kappa shape index (κ1) is 16.8. The average molecular weight is 336 g/mol. The van der Waals surface area contributed by atoms with Crippen LogP contribution in [0.3, 0.4) is 0 Å². The van der Waals surface area contributed by atoms with Crippen molar-refractivity contribution in [3.05, 3.63) is 11.8 Å². The van der Waals surface area contributed by atoms with E-state index in [9.17, 15) is 9.90 Å². The normalized spacial score (nSPS) is 19.7. The molecule has 0 bridgehead atoms. The Labute approximate surface area is 141 Å². The maximum absolute atomic E-state index is 12.1. The lowest BCUT2D eigenvalue weighted by Gasteiger charge is -2.28. The third-order valence-corrected chi connectivity index (χ3v) is 3.98. The molecular formula is C16H24N4O4. The molecule has 2 heterocycles. The van der Waals surface area contributed by atoms with Gasteiger partial charge in [0.15, 0.2) is 0 Å². The molecular weight excluding hydrogens is 312 g/mol. The van der Waals surface area contributed by atoms with Crippen molar-refractivity contribution >= 4 is 12.0 Å². The molecule has 24 heavy (non-hydrogen) atoms. The largest absolute Gasteiger partial charge is 0.493 e. The summed E-state index contributed by atoms with van der Waals surface area (Å²) in [4.78, 5) is 22.7. The van der Waals surface area contributed by atoms with Crippen molar-refractivity contribution in [1.82, 2.24) is 15.3 Å². The van der Waals surface area contributed by atoms with Gasteiger partial charge in [0.1, 0.15) is 5.60 Å². The molecule has 0 unspecified atom stereocenters. The number of nitrogens with one attached hydrogen (secondary N) is 1. The number of morpholine rings is 1. The smallest absolute Gasteiger partial charge is 0.408 e. The monoisotopic (exact) mass is 336 g/mol. The summed E-state index contributed by atoms with van der Waals surface area (Å²) in [6.07, 6.45) is 1.03. The molecule has 1 aliphatic carbocycles. The Bertz CT molecular complexity index is 619. The van der Waals surface area contributed by atoms with E-state index in [0.717, 1.165) is 12.8 Å². The molecule has 8 nitrogen and oxygen atoms in total. The first-order valence-corrected chi connectivity index (χ1v) is 8.20. The molecule has 1 amide bonds. The second-order valence-corrected chi connectivity index (χ2v) is 7.22. The summed E-state index contributed by atoms with van der Waals surface area (Å²) in [5, 5.41) is 12.9. The Kier molecular flexibility index (Phi) is 4.25. The van der Waals surface area contributed by atoms with Crippen LogP contribution in [0.2, 0.25) is 0 Å². The van der Waals surface area contributed by atoms with E-state index in [1.807, 2.05) is 25.7 Å². The number of carbonyl (C=O) groups is 1. The quantitative estimate of drug-likeness (QED) is 0.864. The van der Waals surface area contributed by atoms with Crippen LogP contribution in [0.5, 0.6) is 5.88 Å². The molecule has 1 saturated heterocycles. The molecule has 0 spiro atoms. The van der Waals surface area contributed by atoms with Gasteiger partial charge < -0.3 is 24.8 Å². The number of nitrogens with zero attached hydrogens (tertiary/aromatic N) is 3. The molecule has 2 N–H and O–H groups in total. The van der Waals surface area contributed by atoms with E-state index in [4.69, 9.17) is 9.47 Å². The first-order valence-electron chi connectivity index (χ1n) is 8.20. The van der Waals surface area contributed by atoms with Gasteiger partial charge in [-0.3, -0.25) is 0 Å². The SMILES string of the molecule is CC(C)(C)OC(=O)NC1(c2cc(O)nc(N3CCOCC3)n2)CC1. The highest BCUT2D eigenvalue weighted by Gasteiger charge is 2.48. The molecule has 2 aliphatic rings. The molecule has 1 aliphatic heterocycles. The minimum atomic E-state index is -0.580. The molecule has 1 aromatic rings. The predicted molar refractivity (Wildman–Crippen MR) is 87.0 cm³/mol. The molecule has 2 fully saturated rings. The maximum atomic E-state index is 12.1. The summed E-state index contributed by atoms with van der Waals surface area (Å²) in [6.45, 7) is 8.02. The zero-order chi connectivity index (χ0) is 17.4. The number of aromatic nitrogens is 2. The Hall–Kier alpha value is -2.09. The highest BCUT2D eigenvalue weighted by atomic mass is 16.6. The van der Waals surface area contributed by atoms with E-state index >= 15 is 0 Å². The van der Waals surface area contributed by atoms with Gasteiger partial charge in [0, 0.05) is 19.2 Å². The number of hydrogen-bond acceptors (Lipinski definition) is 7. The van der Waals surface area contributed by atoms with Gasteiger partial charge in [-0.2, -0.15) is 4.98 Å². The second kappa shape index (κ2) is 6.08. The highest BCUT2D eigenvalue weighted by Crippen LogP contribution is 2.45. The standard InChI is InChI=1S/C16H24N4O4/c1-15(2,3)24-14(22)19-16(4-5-16)11-10-12(21)18-13(17-11)20-6-8-23-9-7-20/h10H,4-9H2,1-3H3,(H,19,22)(H,17,18,21). The Morgan fingerprint density at radius 1 is 1.33 bits per heavy atom. The minimum absolute atomic E-state index is 0.0984. The van der Waals surface area contributed by atoms with Crippen LogP contribution in [-0.4, -0.2) is 53.1 Å². The van der Waals surface area contributed by atoms with Crippen LogP contribution < -0.4 is 10.2 Å². The molecule has 8 heteroatoms. The summed E-state index contributed by atoms with van der Waals surface area (Å²) < 4.78 is 10.7. The lowest BCUT2D eigenvalue weighted by Crippen LogP contribution is -2.40. The summed E-state index contributed by atoms with van der Waals surface area (Å²) in [5.41, 5.74) is -0.529. The van der Waals surface area contributed by atoms with Gasteiger partial charge in [-0.05, 0) is 33.6 Å². The zero-order valence-electron chi connectivity index (χ0n) is 14.3. The third kappa shape index (κ3) is 3.87. The lowest BCUT2D eigenvalue weighted by atomic mass is 10.1. The summed E-state index contributed by atoms with van der Waals surface area (Å²) >= 11 is 0. The Morgan fingerprint density at radius 2 is 2.00 bits per heavy atom.